The molecule has 2 aromatic rings. The van der Waals surface area contributed by atoms with Crippen molar-refractivity contribution in [2.24, 2.45) is 0 Å². The first kappa shape index (κ1) is 18.4. The van der Waals surface area contributed by atoms with Crippen molar-refractivity contribution in [2.75, 3.05) is 4.90 Å². The van der Waals surface area contributed by atoms with Crippen molar-refractivity contribution in [3.63, 3.8) is 0 Å². The highest BCUT2D eigenvalue weighted by molar-refractivity contribution is 9.10. The number of thiocarbonyl (C=S) groups is 1. The van der Waals surface area contributed by atoms with Gasteiger partial charge in [0.1, 0.15) is 5.57 Å². The molecular weight excluding hydrogens is 444 g/mol. The molecule has 26 heavy (non-hydrogen) atoms. The number of aromatic hydroxyl groups is 2. The lowest BCUT2D eigenvalue weighted by Gasteiger charge is -2.29. The molecule has 0 radical (unpaired) electrons. The number of phenolic OH excluding ortho intramolecular Hbond substituents is 2. The first-order valence-electron chi connectivity index (χ1n) is 7.17. The van der Waals surface area contributed by atoms with E-state index in [9.17, 15) is 19.8 Å². The number of phenols is 2. The molecule has 0 unspecified atom stereocenters. The smallest absolute Gasteiger partial charge is 0.270 e. The second-order valence-corrected chi connectivity index (χ2v) is 6.94. The molecule has 0 atom stereocenters. The zero-order valence-corrected chi connectivity index (χ0v) is 16.0. The van der Waals surface area contributed by atoms with Crippen LogP contribution in [0.25, 0.3) is 6.08 Å². The van der Waals surface area contributed by atoms with Crippen LogP contribution in [0.4, 0.5) is 5.69 Å². The Kier molecular flexibility index (Phi) is 4.99. The fraction of sp³-hybridized carbons (Fsp3) is 0. The summed E-state index contributed by atoms with van der Waals surface area (Å²) in [6.45, 7) is 0. The summed E-state index contributed by atoms with van der Waals surface area (Å²) in [6.07, 6.45) is 1.18. The molecule has 1 fully saturated rings. The lowest BCUT2D eigenvalue weighted by Crippen LogP contribution is -2.54. The molecule has 1 aliphatic heterocycles. The summed E-state index contributed by atoms with van der Waals surface area (Å²) < 4.78 is 0.395. The number of hydrogen-bond donors (Lipinski definition) is 3. The van der Waals surface area contributed by atoms with Crippen LogP contribution in [-0.2, 0) is 9.59 Å². The van der Waals surface area contributed by atoms with Gasteiger partial charge in [-0.1, -0.05) is 27.5 Å². The fourth-order valence-corrected chi connectivity index (χ4v) is 3.18. The van der Waals surface area contributed by atoms with E-state index >= 15 is 0 Å². The molecule has 3 N–H and O–H groups in total. The number of carbonyl (C=O) groups is 2. The predicted molar refractivity (Wildman–Crippen MR) is 105 cm³/mol. The molecule has 2 aromatic carbocycles. The minimum atomic E-state index is -0.708. The molecule has 0 saturated carbocycles. The summed E-state index contributed by atoms with van der Waals surface area (Å²) in [5.74, 6) is -2.22. The Bertz CT molecular complexity index is 975. The maximum absolute atomic E-state index is 12.9. The van der Waals surface area contributed by atoms with Crippen LogP contribution in [0, 0.1) is 0 Å². The SMILES string of the molecule is O=C1NC(=S)N(c2ccc(Cl)cc2)C(=O)/C1=C/c1c(Br)ccc(O)c1O. The van der Waals surface area contributed by atoms with Crippen LogP contribution in [0.3, 0.4) is 0 Å². The lowest BCUT2D eigenvalue weighted by molar-refractivity contribution is -0.122. The van der Waals surface area contributed by atoms with E-state index in [2.05, 4.69) is 21.2 Å². The summed E-state index contributed by atoms with van der Waals surface area (Å²) in [7, 11) is 0. The van der Waals surface area contributed by atoms with Gasteiger partial charge in [-0.25, -0.2) is 0 Å². The lowest BCUT2D eigenvalue weighted by atomic mass is 10.1. The highest BCUT2D eigenvalue weighted by atomic mass is 79.9. The van der Waals surface area contributed by atoms with E-state index in [1.54, 1.807) is 24.3 Å². The van der Waals surface area contributed by atoms with Crippen molar-refractivity contribution in [1.29, 1.82) is 0 Å². The van der Waals surface area contributed by atoms with E-state index in [1.165, 1.54) is 18.2 Å². The number of amides is 2. The molecule has 0 bridgehead atoms. The maximum atomic E-state index is 12.9. The number of nitrogens with zero attached hydrogens (tertiary/aromatic N) is 1. The number of anilines is 1. The summed E-state index contributed by atoms with van der Waals surface area (Å²) in [6, 6.07) is 9.11. The van der Waals surface area contributed by atoms with Crippen LogP contribution in [0.5, 0.6) is 11.5 Å². The second-order valence-electron chi connectivity index (χ2n) is 5.26. The summed E-state index contributed by atoms with van der Waals surface area (Å²) in [5.41, 5.74) is 0.261. The molecule has 1 aliphatic rings. The third kappa shape index (κ3) is 3.31. The number of benzene rings is 2. The van der Waals surface area contributed by atoms with Gasteiger partial charge < -0.3 is 10.2 Å². The van der Waals surface area contributed by atoms with E-state index in [0.717, 1.165) is 4.90 Å². The van der Waals surface area contributed by atoms with Gasteiger partial charge in [-0.3, -0.25) is 19.8 Å². The molecule has 6 nitrogen and oxygen atoms in total. The van der Waals surface area contributed by atoms with Crippen molar-refractivity contribution in [1.82, 2.24) is 5.32 Å². The number of nitrogens with one attached hydrogen (secondary N) is 1. The van der Waals surface area contributed by atoms with Crippen LogP contribution in [0.1, 0.15) is 5.56 Å². The average Bonchev–Trinajstić information content (AvgIpc) is 2.59. The molecule has 0 spiro atoms. The van der Waals surface area contributed by atoms with Gasteiger partial charge >= 0.3 is 0 Å². The summed E-state index contributed by atoms with van der Waals surface area (Å²) in [5, 5.41) is 22.5. The Morgan fingerprint density at radius 2 is 1.77 bits per heavy atom. The molecule has 0 aromatic heterocycles. The largest absolute Gasteiger partial charge is 0.504 e. The van der Waals surface area contributed by atoms with Gasteiger partial charge in [-0.2, -0.15) is 0 Å². The normalized spacial score (nSPS) is 16.2. The van der Waals surface area contributed by atoms with Gasteiger partial charge in [-0.15, -0.1) is 0 Å². The Hall–Kier alpha value is -2.42. The fourth-order valence-electron chi connectivity index (χ4n) is 2.34. The van der Waals surface area contributed by atoms with Gasteiger partial charge in [0.2, 0.25) is 0 Å². The molecule has 1 saturated heterocycles. The molecule has 3 rings (SSSR count). The third-order valence-electron chi connectivity index (χ3n) is 3.62. The quantitative estimate of drug-likeness (QED) is 0.281. The van der Waals surface area contributed by atoms with Gasteiger partial charge in [-0.05, 0) is 54.7 Å². The molecule has 132 valence electrons. The van der Waals surface area contributed by atoms with E-state index in [0.29, 0.717) is 15.2 Å². The van der Waals surface area contributed by atoms with Gasteiger partial charge in [0.25, 0.3) is 11.8 Å². The number of rotatable bonds is 2. The van der Waals surface area contributed by atoms with Gasteiger partial charge in [0.15, 0.2) is 16.6 Å². The maximum Gasteiger partial charge on any atom is 0.270 e. The van der Waals surface area contributed by atoms with Crippen LogP contribution in [-0.4, -0.2) is 27.1 Å². The monoisotopic (exact) mass is 452 g/mol. The van der Waals surface area contributed by atoms with Crippen molar-refractivity contribution in [2.45, 2.75) is 0 Å². The van der Waals surface area contributed by atoms with Gasteiger partial charge in [0.05, 0.1) is 5.69 Å². The highest BCUT2D eigenvalue weighted by Gasteiger charge is 2.34. The third-order valence-corrected chi connectivity index (χ3v) is 4.85. The Morgan fingerprint density at radius 1 is 1.12 bits per heavy atom. The van der Waals surface area contributed by atoms with Crippen LogP contribution >= 0.6 is 39.7 Å². The molecule has 0 aliphatic carbocycles. The minimum absolute atomic E-state index is 0.0707. The van der Waals surface area contributed by atoms with E-state index < -0.39 is 17.6 Å². The zero-order valence-electron chi connectivity index (χ0n) is 12.9. The molecule has 2 amide bonds. The standard InChI is InChI=1S/C17H10BrClN2O4S/c18-12-5-6-13(22)14(23)10(12)7-11-15(24)20-17(26)21(16(11)25)9-3-1-8(19)2-4-9/h1-7,22-23H,(H,20,24,26)/b11-7+. The first-order valence-corrected chi connectivity index (χ1v) is 8.75. The summed E-state index contributed by atoms with van der Waals surface area (Å²) in [4.78, 5) is 26.3. The first-order chi connectivity index (χ1) is 12.3. The second kappa shape index (κ2) is 7.06. The predicted octanol–water partition coefficient (Wildman–Crippen LogP) is 3.35. The van der Waals surface area contributed by atoms with Crippen molar-refractivity contribution < 1.29 is 19.8 Å². The number of halogens is 2. The van der Waals surface area contributed by atoms with E-state index in [-0.39, 0.29) is 22.0 Å². The minimum Gasteiger partial charge on any atom is -0.504 e. The van der Waals surface area contributed by atoms with E-state index in [1.807, 2.05) is 0 Å². The zero-order chi connectivity index (χ0) is 19.0. The van der Waals surface area contributed by atoms with Crippen molar-refractivity contribution >= 4 is 68.4 Å². The summed E-state index contributed by atoms with van der Waals surface area (Å²) >= 11 is 14.2. The van der Waals surface area contributed by atoms with E-state index in [4.69, 9.17) is 23.8 Å². The number of carbonyl (C=O) groups excluding carboxylic acids is 2. The van der Waals surface area contributed by atoms with Crippen LogP contribution < -0.4 is 10.2 Å². The topological polar surface area (TPSA) is 89.9 Å². The molecule has 1 heterocycles. The van der Waals surface area contributed by atoms with Crippen LogP contribution in [0.2, 0.25) is 5.02 Å². The Balaban J connectivity index is 2.09. The van der Waals surface area contributed by atoms with Crippen LogP contribution in [0.15, 0.2) is 46.4 Å². The molecular formula is C17H10BrClN2O4S. The van der Waals surface area contributed by atoms with Crippen molar-refractivity contribution in [3.8, 4) is 11.5 Å². The van der Waals surface area contributed by atoms with Crippen molar-refractivity contribution in [3.05, 3.63) is 57.0 Å². The Labute approximate surface area is 166 Å². The molecule has 9 heteroatoms. The number of hydrogen-bond acceptors (Lipinski definition) is 5. The average molecular weight is 454 g/mol. The highest BCUT2D eigenvalue weighted by Crippen LogP contribution is 2.36. The Morgan fingerprint density at radius 3 is 2.42 bits per heavy atom. The van der Waals surface area contributed by atoms with Gasteiger partial charge in [0, 0.05) is 15.1 Å².